The number of hydrogen-bond acceptors (Lipinski definition) is 3. The molecule has 0 radical (unpaired) electrons. The van der Waals surface area contributed by atoms with E-state index in [0.29, 0.717) is 0 Å². The number of benzene rings is 2. The fraction of sp³-hybridized carbons (Fsp3) is 0.316. The molecule has 0 saturated heterocycles. The predicted molar refractivity (Wildman–Crippen MR) is 93.9 cm³/mol. The number of amides is 1. The highest BCUT2D eigenvalue weighted by atomic mass is 32.2. The Bertz CT molecular complexity index is 849. The molecular weight excluding hydrogens is 322 g/mol. The number of likely N-dealkylation sites (N-methyl/N-ethyl adjacent to an activating group) is 1. The first kappa shape index (κ1) is 16.7. The monoisotopic (exact) mass is 343 g/mol. The van der Waals surface area contributed by atoms with E-state index >= 15 is 0 Å². The third-order valence-corrected chi connectivity index (χ3v) is 6.52. The molecular formula is C19H21NO3S. The van der Waals surface area contributed by atoms with Crippen LogP contribution in [0.4, 0.5) is 0 Å². The Kier molecular flexibility index (Phi) is 4.45. The molecule has 0 N–H and O–H groups in total. The maximum Gasteiger partial charge on any atom is 0.255 e. The minimum Gasteiger partial charge on any atom is -0.338 e. The van der Waals surface area contributed by atoms with Crippen molar-refractivity contribution < 1.29 is 13.2 Å². The minimum atomic E-state index is -3.43. The van der Waals surface area contributed by atoms with Crippen LogP contribution in [0.15, 0.2) is 53.4 Å². The number of nitrogens with zero attached hydrogens (tertiary/aromatic N) is 1. The molecule has 0 saturated carbocycles. The molecule has 4 nitrogen and oxygen atoms in total. The van der Waals surface area contributed by atoms with Gasteiger partial charge in [-0.3, -0.25) is 4.79 Å². The standard InChI is InChI=1S/C19H21NO3S/c1-3-24(22,23)18-11-7-6-10-17(18)19(21)20(2)16-12-14-8-4-5-9-15(14)13-16/h4-11,16H,3,12-13H2,1-2H3. The summed E-state index contributed by atoms with van der Waals surface area (Å²) in [6.07, 6.45) is 1.61. The van der Waals surface area contributed by atoms with Gasteiger partial charge in [0, 0.05) is 13.1 Å². The van der Waals surface area contributed by atoms with E-state index in [0.717, 1.165) is 12.8 Å². The van der Waals surface area contributed by atoms with Crippen LogP contribution in [0.25, 0.3) is 0 Å². The molecule has 2 aromatic rings. The van der Waals surface area contributed by atoms with Gasteiger partial charge in [-0.05, 0) is 36.1 Å². The predicted octanol–water partition coefficient (Wildman–Crippen LogP) is 2.72. The van der Waals surface area contributed by atoms with Gasteiger partial charge in [0.25, 0.3) is 5.91 Å². The highest BCUT2D eigenvalue weighted by molar-refractivity contribution is 7.91. The molecule has 24 heavy (non-hydrogen) atoms. The van der Waals surface area contributed by atoms with Crippen LogP contribution >= 0.6 is 0 Å². The van der Waals surface area contributed by atoms with Crippen molar-refractivity contribution >= 4 is 15.7 Å². The molecule has 1 aliphatic rings. The normalized spacial score (nSPS) is 14.4. The summed E-state index contributed by atoms with van der Waals surface area (Å²) in [4.78, 5) is 14.7. The molecule has 0 heterocycles. The van der Waals surface area contributed by atoms with Crippen LogP contribution in [0.3, 0.4) is 0 Å². The molecule has 0 unspecified atom stereocenters. The van der Waals surface area contributed by atoms with E-state index in [4.69, 9.17) is 0 Å². The Labute approximate surface area is 143 Å². The first-order valence-electron chi connectivity index (χ1n) is 8.09. The summed E-state index contributed by atoms with van der Waals surface area (Å²) in [6.45, 7) is 1.59. The second-order valence-corrected chi connectivity index (χ2v) is 8.39. The van der Waals surface area contributed by atoms with Crippen molar-refractivity contribution in [2.75, 3.05) is 12.8 Å². The Hall–Kier alpha value is -2.14. The molecule has 126 valence electrons. The van der Waals surface area contributed by atoms with Crippen LogP contribution in [-0.4, -0.2) is 38.1 Å². The number of carbonyl (C=O) groups is 1. The first-order valence-corrected chi connectivity index (χ1v) is 9.75. The lowest BCUT2D eigenvalue weighted by Gasteiger charge is -2.25. The van der Waals surface area contributed by atoms with Crippen molar-refractivity contribution in [3.05, 3.63) is 65.2 Å². The smallest absolute Gasteiger partial charge is 0.255 e. The van der Waals surface area contributed by atoms with E-state index in [1.165, 1.54) is 17.2 Å². The summed E-state index contributed by atoms with van der Waals surface area (Å²) in [7, 11) is -1.67. The Morgan fingerprint density at radius 2 is 1.58 bits per heavy atom. The van der Waals surface area contributed by atoms with Gasteiger partial charge in [0.05, 0.1) is 16.2 Å². The minimum absolute atomic E-state index is 0.0180. The summed E-state index contributed by atoms with van der Waals surface area (Å²) in [5.74, 6) is -0.254. The van der Waals surface area contributed by atoms with E-state index < -0.39 is 9.84 Å². The van der Waals surface area contributed by atoms with Crippen LogP contribution in [0.2, 0.25) is 0 Å². The van der Waals surface area contributed by atoms with E-state index in [1.54, 1.807) is 37.1 Å². The summed E-state index contributed by atoms with van der Waals surface area (Å²) < 4.78 is 24.6. The van der Waals surface area contributed by atoms with Crippen molar-refractivity contribution in [3.8, 4) is 0 Å². The molecule has 2 aromatic carbocycles. The van der Waals surface area contributed by atoms with Crippen molar-refractivity contribution in [1.29, 1.82) is 0 Å². The van der Waals surface area contributed by atoms with E-state index in [1.807, 2.05) is 12.1 Å². The zero-order chi connectivity index (χ0) is 17.3. The molecule has 0 atom stereocenters. The van der Waals surface area contributed by atoms with E-state index in [2.05, 4.69) is 12.1 Å². The van der Waals surface area contributed by atoms with Crippen LogP contribution in [0, 0.1) is 0 Å². The molecule has 0 bridgehead atoms. The van der Waals surface area contributed by atoms with Gasteiger partial charge in [0.1, 0.15) is 0 Å². The summed E-state index contributed by atoms with van der Waals surface area (Å²) >= 11 is 0. The number of hydrogen-bond donors (Lipinski definition) is 0. The Balaban J connectivity index is 1.89. The van der Waals surface area contributed by atoms with Gasteiger partial charge >= 0.3 is 0 Å². The van der Waals surface area contributed by atoms with Crippen molar-refractivity contribution in [2.45, 2.75) is 30.7 Å². The largest absolute Gasteiger partial charge is 0.338 e. The second kappa shape index (κ2) is 6.40. The average molecular weight is 343 g/mol. The van der Waals surface area contributed by atoms with Crippen LogP contribution in [0.5, 0.6) is 0 Å². The molecule has 0 aliphatic heterocycles. The lowest BCUT2D eigenvalue weighted by molar-refractivity contribution is 0.0734. The number of carbonyl (C=O) groups excluding carboxylic acids is 1. The Morgan fingerprint density at radius 3 is 2.17 bits per heavy atom. The van der Waals surface area contributed by atoms with Gasteiger partial charge in [0.2, 0.25) is 0 Å². The van der Waals surface area contributed by atoms with Gasteiger partial charge in [0.15, 0.2) is 9.84 Å². The summed E-state index contributed by atoms with van der Waals surface area (Å²) in [6, 6.07) is 14.7. The van der Waals surface area contributed by atoms with Crippen molar-refractivity contribution in [1.82, 2.24) is 4.90 Å². The lowest BCUT2D eigenvalue weighted by Crippen LogP contribution is -2.38. The number of fused-ring (bicyclic) bond motifs is 1. The molecule has 1 aliphatic carbocycles. The molecule has 5 heteroatoms. The molecule has 3 rings (SSSR count). The lowest BCUT2D eigenvalue weighted by atomic mass is 10.1. The molecule has 0 aromatic heterocycles. The van der Waals surface area contributed by atoms with Gasteiger partial charge in [-0.15, -0.1) is 0 Å². The van der Waals surface area contributed by atoms with Crippen molar-refractivity contribution in [3.63, 3.8) is 0 Å². The highest BCUT2D eigenvalue weighted by Gasteiger charge is 2.30. The third-order valence-electron chi connectivity index (χ3n) is 4.73. The van der Waals surface area contributed by atoms with Crippen LogP contribution < -0.4 is 0 Å². The molecule has 0 fully saturated rings. The fourth-order valence-electron chi connectivity index (χ4n) is 3.24. The van der Waals surface area contributed by atoms with Gasteiger partial charge in [-0.1, -0.05) is 43.3 Å². The van der Waals surface area contributed by atoms with E-state index in [-0.39, 0.29) is 28.2 Å². The number of sulfone groups is 1. The van der Waals surface area contributed by atoms with Crippen LogP contribution in [0.1, 0.15) is 28.4 Å². The van der Waals surface area contributed by atoms with Crippen LogP contribution in [-0.2, 0) is 22.7 Å². The maximum absolute atomic E-state index is 12.9. The topological polar surface area (TPSA) is 54.5 Å². The maximum atomic E-state index is 12.9. The van der Waals surface area contributed by atoms with Gasteiger partial charge in [-0.25, -0.2) is 8.42 Å². The summed E-state index contributed by atoms with van der Waals surface area (Å²) in [5.41, 5.74) is 2.78. The van der Waals surface area contributed by atoms with Gasteiger partial charge < -0.3 is 4.90 Å². The first-order chi connectivity index (χ1) is 11.4. The van der Waals surface area contributed by atoms with Gasteiger partial charge in [-0.2, -0.15) is 0 Å². The summed E-state index contributed by atoms with van der Waals surface area (Å²) in [5, 5.41) is 0. The fourth-order valence-corrected chi connectivity index (χ4v) is 4.32. The average Bonchev–Trinajstić information content (AvgIpc) is 3.04. The molecule has 1 amide bonds. The van der Waals surface area contributed by atoms with Crippen molar-refractivity contribution in [2.24, 2.45) is 0 Å². The SMILES string of the molecule is CCS(=O)(=O)c1ccccc1C(=O)N(C)C1Cc2ccccc2C1. The second-order valence-electron chi connectivity index (χ2n) is 6.15. The quantitative estimate of drug-likeness (QED) is 0.858. The highest BCUT2D eigenvalue weighted by Crippen LogP contribution is 2.27. The number of rotatable bonds is 4. The Morgan fingerprint density at radius 1 is 1.04 bits per heavy atom. The van der Waals surface area contributed by atoms with E-state index in [9.17, 15) is 13.2 Å². The zero-order valence-electron chi connectivity index (χ0n) is 13.9. The third kappa shape index (κ3) is 2.96. The molecule has 0 spiro atoms. The zero-order valence-corrected chi connectivity index (χ0v) is 14.7.